The van der Waals surface area contributed by atoms with E-state index in [2.05, 4.69) is 0 Å². The van der Waals surface area contributed by atoms with Crippen molar-refractivity contribution >= 4 is 17.6 Å². The molecular formula is C18H16N2O5. The minimum atomic E-state index is -1.08. The molecule has 1 aliphatic heterocycles. The van der Waals surface area contributed by atoms with Gasteiger partial charge in [0, 0.05) is 19.2 Å². The van der Waals surface area contributed by atoms with Crippen molar-refractivity contribution in [3.63, 3.8) is 0 Å². The summed E-state index contributed by atoms with van der Waals surface area (Å²) in [4.78, 5) is 36.5. The highest BCUT2D eigenvalue weighted by Crippen LogP contribution is 2.40. The van der Waals surface area contributed by atoms with E-state index >= 15 is 0 Å². The Morgan fingerprint density at radius 1 is 1.24 bits per heavy atom. The van der Waals surface area contributed by atoms with Crippen LogP contribution in [-0.4, -0.2) is 33.9 Å². The van der Waals surface area contributed by atoms with Crippen LogP contribution in [0.25, 0.3) is 0 Å². The number of nitro groups is 1. The lowest BCUT2D eigenvalue weighted by atomic mass is 9.85. The molecular weight excluding hydrogens is 324 g/mol. The van der Waals surface area contributed by atoms with Crippen molar-refractivity contribution in [2.45, 2.75) is 18.4 Å². The van der Waals surface area contributed by atoms with E-state index in [0.717, 1.165) is 0 Å². The highest BCUT2D eigenvalue weighted by molar-refractivity contribution is 5.86. The van der Waals surface area contributed by atoms with Crippen LogP contribution in [0.15, 0.2) is 48.5 Å². The van der Waals surface area contributed by atoms with Gasteiger partial charge in [-0.3, -0.25) is 19.7 Å². The maximum Gasteiger partial charge on any atom is 0.313 e. The second-order valence-electron chi connectivity index (χ2n) is 5.99. The van der Waals surface area contributed by atoms with Crippen LogP contribution in [0.2, 0.25) is 0 Å². The highest BCUT2D eigenvalue weighted by Gasteiger charge is 2.40. The average Bonchev–Trinajstić information content (AvgIpc) is 2.70. The van der Waals surface area contributed by atoms with Crippen LogP contribution in [0.3, 0.4) is 0 Å². The number of nitro benzene ring substituents is 1. The normalized spacial score (nSPS) is 19.9. The van der Waals surface area contributed by atoms with Gasteiger partial charge >= 0.3 is 5.97 Å². The summed E-state index contributed by atoms with van der Waals surface area (Å²) in [6.07, 6.45) is 0.0991. The molecule has 0 saturated heterocycles. The molecule has 0 fully saturated rings. The maximum absolute atomic E-state index is 12.5. The molecule has 3 rings (SSSR count). The van der Waals surface area contributed by atoms with Crippen LogP contribution in [0.5, 0.6) is 0 Å². The summed E-state index contributed by atoms with van der Waals surface area (Å²) in [7, 11) is 1.54. The molecule has 0 aromatic heterocycles. The molecule has 1 heterocycles. The summed E-state index contributed by atoms with van der Waals surface area (Å²) < 4.78 is 0. The zero-order valence-electron chi connectivity index (χ0n) is 13.5. The lowest BCUT2D eigenvalue weighted by Crippen LogP contribution is -2.35. The number of benzene rings is 2. The predicted molar refractivity (Wildman–Crippen MR) is 89.1 cm³/mol. The van der Waals surface area contributed by atoms with E-state index in [1.165, 1.54) is 30.1 Å². The van der Waals surface area contributed by atoms with Gasteiger partial charge in [0.1, 0.15) is 5.92 Å². The van der Waals surface area contributed by atoms with Crippen molar-refractivity contribution in [2.75, 3.05) is 7.05 Å². The molecule has 2 aromatic carbocycles. The monoisotopic (exact) mass is 340 g/mol. The molecule has 7 heteroatoms. The standard InChI is InChI=1S/C18H16N2O5/c1-19-15(21)10-11-5-2-3-8-14(11)16(18(22)23)17(19)12-6-4-7-13(9-12)20(24)25/h2-9,16-17H,10H2,1H3,(H,22,23)/t16-,17+/m0/s1. The lowest BCUT2D eigenvalue weighted by molar-refractivity contribution is -0.385. The second kappa shape index (κ2) is 6.35. The number of rotatable bonds is 3. The summed E-state index contributed by atoms with van der Waals surface area (Å²) in [5, 5.41) is 20.9. The van der Waals surface area contributed by atoms with E-state index in [9.17, 15) is 24.8 Å². The highest BCUT2D eigenvalue weighted by atomic mass is 16.6. The van der Waals surface area contributed by atoms with Crippen LogP contribution >= 0.6 is 0 Å². The van der Waals surface area contributed by atoms with E-state index in [-0.39, 0.29) is 18.0 Å². The van der Waals surface area contributed by atoms with Crippen LogP contribution < -0.4 is 0 Å². The first-order chi connectivity index (χ1) is 11.9. The Bertz CT molecular complexity index is 864. The Morgan fingerprint density at radius 3 is 2.64 bits per heavy atom. The molecule has 25 heavy (non-hydrogen) atoms. The van der Waals surface area contributed by atoms with Gasteiger partial charge in [-0.05, 0) is 16.7 Å². The van der Waals surface area contributed by atoms with Crippen molar-refractivity contribution < 1.29 is 19.6 Å². The average molecular weight is 340 g/mol. The molecule has 2 atom stereocenters. The van der Waals surface area contributed by atoms with E-state index in [1.807, 2.05) is 0 Å². The first-order valence-corrected chi connectivity index (χ1v) is 7.70. The fourth-order valence-electron chi connectivity index (χ4n) is 3.34. The summed E-state index contributed by atoms with van der Waals surface area (Å²) in [5.74, 6) is -2.31. The van der Waals surface area contributed by atoms with Gasteiger partial charge in [0.05, 0.1) is 17.4 Å². The molecule has 0 spiro atoms. The fraction of sp³-hybridized carbons (Fsp3) is 0.222. The number of nitrogens with zero attached hydrogens (tertiary/aromatic N) is 2. The third kappa shape index (κ3) is 2.96. The minimum absolute atomic E-state index is 0.0991. The third-order valence-electron chi connectivity index (χ3n) is 4.55. The number of hydrogen-bond acceptors (Lipinski definition) is 4. The molecule has 0 aliphatic carbocycles. The van der Waals surface area contributed by atoms with Crippen molar-refractivity contribution in [1.29, 1.82) is 0 Å². The van der Waals surface area contributed by atoms with Crippen molar-refractivity contribution in [3.05, 3.63) is 75.3 Å². The smallest absolute Gasteiger partial charge is 0.313 e. The summed E-state index contributed by atoms with van der Waals surface area (Å²) >= 11 is 0. The van der Waals surface area contributed by atoms with E-state index in [4.69, 9.17) is 0 Å². The summed E-state index contributed by atoms with van der Waals surface area (Å²) in [6, 6.07) is 11.9. The first-order valence-electron chi connectivity index (χ1n) is 7.70. The molecule has 0 bridgehead atoms. The first kappa shape index (κ1) is 16.6. The molecule has 0 saturated carbocycles. The Balaban J connectivity index is 2.21. The van der Waals surface area contributed by atoms with Gasteiger partial charge in [-0.15, -0.1) is 0 Å². The van der Waals surface area contributed by atoms with Crippen molar-refractivity contribution in [3.8, 4) is 0 Å². The largest absolute Gasteiger partial charge is 0.481 e. The van der Waals surface area contributed by atoms with Gasteiger partial charge in [0.2, 0.25) is 5.91 Å². The maximum atomic E-state index is 12.5. The Kier molecular flexibility index (Phi) is 4.22. The van der Waals surface area contributed by atoms with Crippen molar-refractivity contribution in [2.24, 2.45) is 0 Å². The predicted octanol–water partition coefficient (Wildman–Crippen LogP) is 2.52. The van der Waals surface area contributed by atoms with Gasteiger partial charge in [0.15, 0.2) is 0 Å². The number of carbonyl (C=O) groups excluding carboxylic acids is 1. The Morgan fingerprint density at radius 2 is 1.96 bits per heavy atom. The molecule has 7 nitrogen and oxygen atoms in total. The van der Waals surface area contributed by atoms with E-state index in [0.29, 0.717) is 16.7 Å². The lowest BCUT2D eigenvalue weighted by Gasteiger charge is -2.31. The molecule has 1 aliphatic rings. The zero-order chi connectivity index (χ0) is 18.1. The summed E-state index contributed by atoms with van der Waals surface area (Å²) in [6.45, 7) is 0. The fourth-order valence-corrected chi connectivity index (χ4v) is 3.34. The number of amides is 1. The quantitative estimate of drug-likeness (QED) is 0.683. The van der Waals surface area contributed by atoms with Gasteiger partial charge in [-0.2, -0.15) is 0 Å². The number of carboxylic acid groups (broad SMARTS) is 1. The second-order valence-corrected chi connectivity index (χ2v) is 5.99. The van der Waals surface area contributed by atoms with Crippen LogP contribution in [0.4, 0.5) is 5.69 Å². The number of aliphatic carboxylic acids is 1. The SMILES string of the molecule is CN1C(=O)Cc2ccccc2[C@H](C(=O)O)[C@H]1c1cccc([N+](=O)[O-])c1. The van der Waals surface area contributed by atoms with Gasteiger partial charge < -0.3 is 10.0 Å². The number of carboxylic acids is 1. The van der Waals surface area contributed by atoms with E-state index in [1.54, 1.807) is 30.3 Å². The molecule has 0 radical (unpaired) electrons. The van der Waals surface area contributed by atoms with Gasteiger partial charge in [-0.25, -0.2) is 0 Å². The van der Waals surface area contributed by atoms with Gasteiger partial charge in [0.25, 0.3) is 5.69 Å². The summed E-state index contributed by atoms with van der Waals surface area (Å²) in [5.41, 5.74) is 1.51. The molecule has 1 N–H and O–H groups in total. The number of hydrogen-bond donors (Lipinski definition) is 1. The number of fused-ring (bicyclic) bond motifs is 1. The Labute approximate surface area is 143 Å². The zero-order valence-corrected chi connectivity index (χ0v) is 13.5. The van der Waals surface area contributed by atoms with E-state index < -0.39 is 22.9 Å². The number of likely N-dealkylation sites (N-methyl/N-ethyl adjacent to an activating group) is 1. The molecule has 128 valence electrons. The van der Waals surface area contributed by atoms with Gasteiger partial charge in [-0.1, -0.05) is 36.4 Å². The molecule has 2 aromatic rings. The third-order valence-corrected chi connectivity index (χ3v) is 4.55. The molecule has 1 amide bonds. The van der Waals surface area contributed by atoms with Crippen LogP contribution in [-0.2, 0) is 16.0 Å². The topological polar surface area (TPSA) is 101 Å². The minimum Gasteiger partial charge on any atom is -0.481 e. The van der Waals surface area contributed by atoms with Crippen LogP contribution in [0.1, 0.15) is 28.7 Å². The number of carbonyl (C=O) groups is 2. The number of non-ortho nitro benzene ring substituents is 1. The Hall–Kier alpha value is -3.22. The van der Waals surface area contributed by atoms with Crippen molar-refractivity contribution in [1.82, 2.24) is 4.90 Å². The molecule has 0 unspecified atom stereocenters. The van der Waals surface area contributed by atoms with Crippen LogP contribution in [0, 0.1) is 10.1 Å².